The van der Waals surface area contributed by atoms with Gasteiger partial charge >= 0.3 is 12.1 Å². The summed E-state index contributed by atoms with van der Waals surface area (Å²) in [5.41, 5.74) is 1.09. The largest absolute Gasteiger partial charge is 0.490 e. The predicted octanol–water partition coefficient (Wildman–Crippen LogP) is 7.22. The minimum absolute atomic E-state index is 0.209. The molecule has 0 saturated carbocycles. The molecule has 2 unspecified atom stereocenters. The van der Waals surface area contributed by atoms with Gasteiger partial charge in [0.25, 0.3) is 0 Å². The van der Waals surface area contributed by atoms with E-state index in [1.807, 2.05) is 42.2 Å². The predicted molar refractivity (Wildman–Crippen MR) is 139 cm³/mol. The number of aliphatic carboxylic acids is 1. The van der Waals surface area contributed by atoms with Gasteiger partial charge in [-0.2, -0.15) is 13.2 Å². The van der Waals surface area contributed by atoms with E-state index in [-0.39, 0.29) is 11.6 Å². The average molecular weight is 548 g/mol. The summed E-state index contributed by atoms with van der Waals surface area (Å²) in [5.74, 6) is -0.559. The SMILES string of the molecule is CCOc1cc(C(c2ccc(Cl)c(C(F)(F)F)c2)N2CCCC(C(=O)O)C2)ccc1OCc1ccccc1. The third-order valence-electron chi connectivity index (χ3n) is 6.60. The van der Waals surface area contributed by atoms with Crippen molar-refractivity contribution < 1.29 is 32.5 Å². The highest BCUT2D eigenvalue weighted by atomic mass is 35.5. The van der Waals surface area contributed by atoms with Gasteiger partial charge in [-0.3, -0.25) is 9.69 Å². The molecule has 0 aliphatic carbocycles. The van der Waals surface area contributed by atoms with Crippen molar-refractivity contribution in [3.05, 3.63) is 94.0 Å². The van der Waals surface area contributed by atoms with Crippen molar-refractivity contribution in [3.63, 3.8) is 0 Å². The molecular formula is C29H29ClF3NO4. The first-order valence-corrected chi connectivity index (χ1v) is 12.8. The summed E-state index contributed by atoms with van der Waals surface area (Å²) in [7, 11) is 0. The highest BCUT2D eigenvalue weighted by molar-refractivity contribution is 6.31. The first-order chi connectivity index (χ1) is 18.2. The van der Waals surface area contributed by atoms with Gasteiger partial charge in [-0.15, -0.1) is 0 Å². The molecule has 4 rings (SSSR count). The van der Waals surface area contributed by atoms with Gasteiger partial charge in [-0.25, -0.2) is 0 Å². The van der Waals surface area contributed by atoms with Crippen molar-refractivity contribution in [1.29, 1.82) is 0 Å². The van der Waals surface area contributed by atoms with Gasteiger partial charge in [-0.05, 0) is 67.3 Å². The lowest BCUT2D eigenvalue weighted by atomic mass is 9.90. The normalized spacial score (nSPS) is 17.1. The minimum atomic E-state index is -4.63. The first-order valence-electron chi connectivity index (χ1n) is 12.4. The van der Waals surface area contributed by atoms with E-state index in [0.717, 1.165) is 11.6 Å². The molecular weight excluding hydrogens is 519 g/mol. The molecule has 1 heterocycles. The zero-order valence-corrected chi connectivity index (χ0v) is 21.6. The number of alkyl halides is 3. The lowest BCUT2D eigenvalue weighted by molar-refractivity contribution is -0.143. The van der Waals surface area contributed by atoms with E-state index in [0.29, 0.717) is 55.2 Å². The number of hydrogen-bond acceptors (Lipinski definition) is 4. The molecule has 0 amide bonds. The van der Waals surface area contributed by atoms with Gasteiger partial charge in [0.15, 0.2) is 11.5 Å². The number of nitrogens with zero attached hydrogens (tertiary/aromatic N) is 1. The number of likely N-dealkylation sites (tertiary alicyclic amines) is 1. The van der Waals surface area contributed by atoms with E-state index in [9.17, 15) is 23.1 Å². The van der Waals surface area contributed by atoms with E-state index in [2.05, 4.69) is 0 Å². The first kappa shape index (κ1) is 27.8. The van der Waals surface area contributed by atoms with Crippen LogP contribution < -0.4 is 9.47 Å². The molecule has 0 aromatic heterocycles. The number of carbonyl (C=O) groups is 1. The number of carboxylic acids is 1. The lowest BCUT2D eigenvalue weighted by Gasteiger charge is -2.38. The van der Waals surface area contributed by atoms with Crippen molar-refractivity contribution in [3.8, 4) is 11.5 Å². The molecule has 202 valence electrons. The third kappa shape index (κ3) is 6.60. The summed E-state index contributed by atoms with van der Waals surface area (Å²) in [6.07, 6.45) is -3.50. The van der Waals surface area contributed by atoms with Gasteiger partial charge in [0.05, 0.1) is 29.2 Å². The van der Waals surface area contributed by atoms with Crippen molar-refractivity contribution in [2.45, 2.75) is 38.6 Å². The van der Waals surface area contributed by atoms with Gasteiger partial charge < -0.3 is 14.6 Å². The minimum Gasteiger partial charge on any atom is -0.490 e. The van der Waals surface area contributed by atoms with Gasteiger partial charge in [0.2, 0.25) is 0 Å². The molecule has 1 saturated heterocycles. The van der Waals surface area contributed by atoms with Crippen molar-refractivity contribution in [2.75, 3.05) is 19.7 Å². The Morgan fingerprint density at radius 3 is 2.45 bits per heavy atom. The molecule has 0 spiro atoms. The molecule has 1 fully saturated rings. The number of carboxylic acid groups (broad SMARTS) is 1. The van der Waals surface area contributed by atoms with Crippen molar-refractivity contribution in [1.82, 2.24) is 4.90 Å². The molecule has 2 atom stereocenters. The summed E-state index contributed by atoms with van der Waals surface area (Å²) in [4.78, 5) is 13.7. The fourth-order valence-electron chi connectivity index (χ4n) is 4.80. The summed E-state index contributed by atoms with van der Waals surface area (Å²) >= 11 is 5.91. The molecule has 1 aliphatic heterocycles. The summed E-state index contributed by atoms with van der Waals surface area (Å²) in [6, 6.07) is 18.2. The molecule has 0 radical (unpaired) electrons. The van der Waals surface area contributed by atoms with Gasteiger partial charge in [-0.1, -0.05) is 54.1 Å². The van der Waals surface area contributed by atoms with Crippen LogP contribution in [-0.4, -0.2) is 35.7 Å². The smallest absolute Gasteiger partial charge is 0.417 e. The second-order valence-corrected chi connectivity index (χ2v) is 9.63. The Morgan fingerprint density at radius 2 is 1.76 bits per heavy atom. The Balaban J connectivity index is 1.74. The van der Waals surface area contributed by atoms with Crippen LogP contribution in [0.2, 0.25) is 5.02 Å². The quantitative estimate of drug-likeness (QED) is 0.306. The number of hydrogen-bond donors (Lipinski definition) is 1. The fraction of sp³-hybridized carbons (Fsp3) is 0.345. The molecule has 9 heteroatoms. The lowest BCUT2D eigenvalue weighted by Crippen LogP contribution is -2.41. The number of ether oxygens (including phenoxy) is 2. The standard InChI is InChI=1S/C29H29ClF3NO4/c1-2-37-26-16-21(11-13-25(26)38-18-19-7-4-3-5-8-19)27(34-14-6-9-22(17-34)28(35)36)20-10-12-24(30)23(15-20)29(31,32)33/h3-5,7-8,10-13,15-16,22,27H,2,6,9,14,17-18H2,1H3,(H,35,36). The van der Waals surface area contributed by atoms with Gasteiger partial charge in [0, 0.05) is 6.54 Å². The number of halogens is 4. The van der Waals surface area contributed by atoms with E-state index >= 15 is 0 Å². The van der Waals surface area contributed by atoms with E-state index in [4.69, 9.17) is 21.1 Å². The molecule has 1 N–H and O–H groups in total. The van der Waals surface area contributed by atoms with Crippen LogP contribution in [0.1, 0.15) is 48.1 Å². The third-order valence-corrected chi connectivity index (χ3v) is 6.93. The Bertz CT molecular complexity index is 1250. The maximum Gasteiger partial charge on any atom is 0.417 e. The number of rotatable bonds is 9. The van der Waals surface area contributed by atoms with Crippen LogP contribution >= 0.6 is 11.6 Å². The molecule has 3 aromatic rings. The van der Waals surface area contributed by atoms with E-state index in [1.165, 1.54) is 6.07 Å². The molecule has 1 aliphatic rings. The van der Waals surface area contributed by atoms with Gasteiger partial charge in [0.1, 0.15) is 6.61 Å². The van der Waals surface area contributed by atoms with Crippen LogP contribution in [0.15, 0.2) is 66.7 Å². The summed E-state index contributed by atoms with van der Waals surface area (Å²) in [5, 5.41) is 9.25. The molecule has 3 aromatic carbocycles. The van der Waals surface area contributed by atoms with Crippen molar-refractivity contribution >= 4 is 17.6 Å². The maximum atomic E-state index is 13.7. The fourth-order valence-corrected chi connectivity index (χ4v) is 5.03. The Morgan fingerprint density at radius 1 is 1.05 bits per heavy atom. The highest BCUT2D eigenvalue weighted by Gasteiger charge is 2.36. The monoisotopic (exact) mass is 547 g/mol. The second-order valence-electron chi connectivity index (χ2n) is 9.23. The van der Waals surface area contributed by atoms with Crippen LogP contribution in [0.25, 0.3) is 0 Å². The second kappa shape index (κ2) is 12.1. The summed E-state index contributed by atoms with van der Waals surface area (Å²) < 4.78 is 53.1. The summed E-state index contributed by atoms with van der Waals surface area (Å²) in [6.45, 7) is 3.26. The van der Waals surface area contributed by atoms with Crippen molar-refractivity contribution in [2.24, 2.45) is 5.92 Å². The zero-order valence-electron chi connectivity index (χ0n) is 20.9. The molecule has 0 bridgehead atoms. The van der Waals surface area contributed by atoms with E-state index in [1.54, 1.807) is 24.3 Å². The van der Waals surface area contributed by atoms with Crippen LogP contribution in [0.4, 0.5) is 13.2 Å². The Kier molecular flexibility index (Phi) is 8.84. The molecule has 5 nitrogen and oxygen atoms in total. The zero-order chi connectivity index (χ0) is 27.3. The number of piperidine rings is 1. The van der Waals surface area contributed by atoms with Crippen LogP contribution in [0.3, 0.4) is 0 Å². The Hall–Kier alpha value is -3.23. The number of benzene rings is 3. The Labute approximate surface area is 224 Å². The maximum absolute atomic E-state index is 13.7. The topological polar surface area (TPSA) is 59.0 Å². The van der Waals surface area contributed by atoms with Crippen LogP contribution in [-0.2, 0) is 17.6 Å². The van der Waals surface area contributed by atoms with E-state index < -0.39 is 29.7 Å². The average Bonchev–Trinajstić information content (AvgIpc) is 2.89. The molecule has 38 heavy (non-hydrogen) atoms. The highest BCUT2D eigenvalue weighted by Crippen LogP contribution is 2.41. The van der Waals surface area contributed by atoms with Crippen LogP contribution in [0.5, 0.6) is 11.5 Å². The van der Waals surface area contributed by atoms with Crippen LogP contribution in [0, 0.1) is 5.92 Å².